The Labute approximate surface area is 84.4 Å². The summed E-state index contributed by atoms with van der Waals surface area (Å²) in [5.74, 6) is -2.36. The fourth-order valence-electron chi connectivity index (χ4n) is 0.925. The van der Waals surface area contributed by atoms with Crippen molar-refractivity contribution in [2.75, 3.05) is 7.04 Å². The van der Waals surface area contributed by atoms with Crippen molar-refractivity contribution in [1.82, 2.24) is 0 Å². The molecular weight excluding hydrogens is 188 g/mol. The zero-order valence-electron chi connectivity index (χ0n) is 9.97. The third-order valence-corrected chi connectivity index (χ3v) is 1.64. The van der Waals surface area contributed by atoms with Crippen LogP contribution >= 0.6 is 0 Å². The van der Waals surface area contributed by atoms with Gasteiger partial charge in [0.25, 0.3) is 0 Å². The number of hydrogen-bond donors (Lipinski definition) is 3. The SMILES string of the molecule is [2H]C([2H])([2H])Oc1cc(C(O)C(=O)O)ccc1O. The highest BCUT2D eigenvalue weighted by Gasteiger charge is 2.17. The molecule has 14 heavy (non-hydrogen) atoms. The van der Waals surface area contributed by atoms with Crippen LogP contribution in [0.2, 0.25) is 0 Å². The Morgan fingerprint density at radius 2 is 2.36 bits per heavy atom. The zero-order chi connectivity index (χ0) is 13.2. The molecule has 76 valence electrons. The van der Waals surface area contributed by atoms with Gasteiger partial charge in [0, 0.05) is 0 Å². The average molecular weight is 201 g/mol. The highest BCUT2D eigenvalue weighted by atomic mass is 16.5. The van der Waals surface area contributed by atoms with Crippen molar-refractivity contribution in [2.24, 2.45) is 0 Å². The van der Waals surface area contributed by atoms with Crippen molar-refractivity contribution in [1.29, 1.82) is 0 Å². The van der Waals surface area contributed by atoms with Crippen LogP contribution in [0.4, 0.5) is 0 Å². The molecule has 0 radical (unpaired) electrons. The van der Waals surface area contributed by atoms with Crippen LogP contribution in [0, 0.1) is 0 Å². The number of carboxylic acid groups (broad SMARTS) is 1. The summed E-state index contributed by atoms with van der Waals surface area (Å²) >= 11 is 0. The average Bonchev–Trinajstić information content (AvgIpc) is 2.18. The molecule has 5 nitrogen and oxygen atoms in total. The standard InChI is InChI=1S/C9H10O5/c1-14-7-4-5(2-3-6(7)10)8(11)9(12)13/h2-4,8,10-11H,1H3,(H,12,13)/i1D3. The van der Waals surface area contributed by atoms with E-state index in [9.17, 15) is 15.0 Å². The second kappa shape index (κ2) is 3.97. The molecule has 0 aliphatic carbocycles. The van der Waals surface area contributed by atoms with E-state index in [2.05, 4.69) is 4.74 Å². The Morgan fingerprint density at radius 1 is 1.64 bits per heavy atom. The Balaban J connectivity index is 3.06. The van der Waals surface area contributed by atoms with E-state index < -0.39 is 30.6 Å². The number of aliphatic hydroxyl groups excluding tert-OH is 1. The summed E-state index contributed by atoms with van der Waals surface area (Å²) in [5.41, 5.74) is -0.0884. The lowest BCUT2D eigenvalue weighted by Gasteiger charge is -2.08. The Morgan fingerprint density at radius 3 is 2.93 bits per heavy atom. The second-order valence-electron chi connectivity index (χ2n) is 2.57. The number of carbonyl (C=O) groups is 1. The van der Waals surface area contributed by atoms with Gasteiger partial charge in [0.2, 0.25) is 0 Å². The summed E-state index contributed by atoms with van der Waals surface area (Å²) in [7, 11) is -2.77. The predicted molar refractivity (Wildman–Crippen MR) is 47.3 cm³/mol. The Kier molecular flexibility index (Phi) is 1.89. The minimum Gasteiger partial charge on any atom is -0.504 e. The second-order valence-corrected chi connectivity index (χ2v) is 2.57. The molecule has 0 heterocycles. The van der Waals surface area contributed by atoms with Crippen LogP contribution in [0.15, 0.2) is 18.2 Å². The summed E-state index contributed by atoms with van der Waals surface area (Å²) < 4.78 is 25.0. The van der Waals surface area contributed by atoms with Crippen molar-refractivity contribution in [3.63, 3.8) is 0 Å². The maximum absolute atomic E-state index is 10.5. The molecule has 0 aromatic heterocycles. The first-order valence-corrected chi connectivity index (χ1v) is 3.63. The molecule has 0 fully saturated rings. The lowest BCUT2D eigenvalue weighted by molar-refractivity contribution is -0.146. The van der Waals surface area contributed by atoms with Gasteiger partial charge < -0.3 is 20.1 Å². The number of phenolic OH excluding ortho intramolecular Hbond substituents is 1. The fraction of sp³-hybridized carbons (Fsp3) is 0.222. The van der Waals surface area contributed by atoms with Crippen LogP contribution in [0.1, 0.15) is 15.8 Å². The fourth-order valence-corrected chi connectivity index (χ4v) is 0.925. The number of aromatic hydroxyl groups is 1. The molecule has 0 amide bonds. The minimum absolute atomic E-state index is 0.0884. The van der Waals surface area contributed by atoms with E-state index in [1.165, 1.54) is 0 Å². The number of hydrogen-bond acceptors (Lipinski definition) is 4. The van der Waals surface area contributed by atoms with E-state index in [0.717, 1.165) is 18.2 Å². The third kappa shape index (κ3) is 1.94. The quantitative estimate of drug-likeness (QED) is 0.663. The summed E-state index contributed by atoms with van der Waals surface area (Å²) in [4.78, 5) is 10.5. The monoisotopic (exact) mass is 201 g/mol. The van der Waals surface area contributed by atoms with Gasteiger partial charge in [-0.2, -0.15) is 0 Å². The third-order valence-electron chi connectivity index (χ3n) is 1.64. The maximum atomic E-state index is 10.5. The number of aliphatic carboxylic acids is 1. The van der Waals surface area contributed by atoms with Crippen molar-refractivity contribution in [3.05, 3.63) is 23.8 Å². The molecule has 1 aromatic rings. The van der Waals surface area contributed by atoms with E-state index in [4.69, 9.17) is 9.22 Å². The molecular formula is C9H10O5. The van der Waals surface area contributed by atoms with Gasteiger partial charge in [0.1, 0.15) is 0 Å². The van der Waals surface area contributed by atoms with E-state index >= 15 is 0 Å². The Bertz CT molecular complexity index is 429. The number of benzene rings is 1. The molecule has 3 N–H and O–H groups in total. The number of aliphatic hydroxyl groups is 1. The van der Waals surface area contributed by atoms with Crippen molar-refractivity contribution in [3.8, 4) is 11.5 Å². The molecule has 0 saturated heterocycles. The van der Waals surface area contributed by atoms with Crippen molar-refractivity contribution < 1.29 is 29.0 Å². The van der Waals surface area contributed by atoms with Crippen LogP contribution in [-0.2, 0) is 4.79 Å². The van der Waals surface area contributed by atoms with Gasteiger partial charge in [0.05, 0.1) is 11.2 Å². The van der Waals surface area contributed by atoms with Crippen LogP contribution in [0.25, 0.3) is 0 Å². The molecule has 1 rings (SSSR count). The van der Waals surface area contributed by atoms with Crippen LogP contribution in [0.5, 0.6) is 11.5 Å². The first kappa shape index (κ1) is 6.67. The van der Waals surface area contributed by atoms with Gasteiger partial charge in [-0.05, 0) is 17.7 Å². The molecule has 5 heteroatoms. The number of ether oxygens (including phenoxy) is 1. The molecule has 0 aliphatic heterocycles. The lowest BCUT2D eigenvalue weighted by Crippen LogP contribution is -2.10. The lowest BCUT2D eigenvalue weighted by atomic mass is 10.1. The van der Waals surface area contributed by atoms with Crippen molar-refractivity contribution >= 4 is 5.97 Å². The summed E-state index contributed by atoms with van der Waals surface area (Å²) in [6, 6.07) is 3.16. The van der Waals surface area contributed by atoms with E-state index in [0.29, 0.717) is 0 Å². The van der Waals surface area contributed by atoms with Gasteiger partial charge in [-0.1, -0.05) is 6.07 Å². The largest absolute Gasteiger partial charge is 0.504 e. The first-order chi connectivity index (χ1) is 7.70. The predicted octanol–water partition coefficient (Wildman–Crippen LogP) is 0.519. The van der Waals surface area contributed by atoms with E-state index in [1.807, 2.05) is 0 Å². The maximum Gasteiger partial charge on any atom is 0.337 e. The molecule has 0 bridgehead atoms. The molecule has 0 aliphatic rings. The Hall–Kier alpha value is -1.75. The highest BCUT2D eigenvalue weighted by molar-refractivity contribution is 5.74. The highest BCUT2D eigenvalue weighted by Crippen LogP contribution is 2.28. The van der Waals surface area contributed by atoms with Gasteiger partial charge in [-0.15, -0.1) is 0 Å². The summed E-state index contributed by atoms with van der Waals surface area (Å²) in [6.07, 6.45) is -1.81. The van der Waals surface area contributed by atoms with Gasteiger partial charge in [0.15, 0.2) is 17.6 Å². The molecule has 1 aromatic carbocycles. The number of phenols is 1. The summed E-state index contributed by atoms with van der Waals surface area (Å²) in [5, 5.41) is 27.1. The first-order valence-electron chi connectivity index (χ1n) is 5.13. The van der Waals surface area contributed by atoms with E-state index in [1.54, 1.807) is 0 Å². The topological polar surface area (TPSA) is 87.0 Å². The van der Waals surface area contributed by atoms with Crippen LogP contribution in [-0.4, -0.2) is 28.3 Å². The number of rotatable bonds is 3. The van der Waals surface area contributed by atoms with E-state index in [-0.39, 0.29) is 5.56 Å². The molecule has 0 spiro atoms. The normalized spacial score (nSPS) is 16.2. The number of methoxy groups -OCH3 is 1. The summed E-state index contributed by atoms with van der Waals surface area (Å²) in [6.45, 7) is 0. The van der Waals surface area contributed by atoms with Crippen LogP contribution < -0.4 is 4.74 Å². The smallest absolute Gasteiger partial charge is 0.337 e. The van der Waals surface area contributed by atoms with Gasteiger partial charge in [-0.25, -0.2) is 4.79 Å². The van der Waals surface area contributed by atoms with Gasteiger partial charge >= 0.3 is 5.97 Å². The molecule has 0 saturated carbocycles. The van der Waals surface area contributed by atoms with Crippen molar-refractivity contribution in [2.45, 2.75) is 6.10 Å². The minimum atomic E-state index is -2.77. The molecule has 1 unspecified atom stereocenters. The van der Waals surface area contributed by atoms with Crippen LogP contribution in [0.3, 0.4) is 0 Å². The van der Waals surface area contributed by atoms with Gasteiger partial charge in [-0.3, -0.25) is 0 Å². The number of carboxylic acids is 1. The molecule has 1 atom stereocenters. The zero-order valence-corrected chi connectivity index (χ0v) is 6.97.